The van der Waals surface area contributed by atoms with E-state index in [9.17, 15) is 4.79 Å². The molecule has 1 aliphatic rings. The van der Waals surface area contributed by atoms with Crippen LogP contribution in [-0.2, 0) is 11.3 Å². The maximum absolute atomic E-state index is 13.6. The molecule has 1 fully saturated rings. The van der Waals surface area contributed by atoms with Crippen LogP contribution in [0.1, 0.15) is 49.4 Å². The summed E-state index contributed by atoms with van der Waals surface area (Å²) in [7, 11) is 0. The minimum absolute atomic E-state index is 0.233. The Kier molecular flexibility index (Phi) is 6.34. The summed E-state index contributed by atoms with van der Waals surface area (Å²) in [5, 5.41) is 0. The maximum atomic E-state index is 13.6. The fraction of sp³-hybridized carbons (Fsp3) is 0.241. The number of rotatable bonds is 5. The van der Waals surface area contributed by atoms with Gasteiger partial charge in [-0.2, -0.15) is 0 Å². The van der Waals surface area contributed by atoms with Gasteiger partial charge >= 0.3 is 6.09 Å². The number of carbonyl (C=O) groups is 1. The van der Waals surface area contributed by atoms with E-state index in [0.717, 1.165) is 59.6 Å². The Morgan fingerprint density at radius 2 is 1.36 bits per heavy atom. The van der Waals surface area contributed by atoms with Crippen molar-refractivity contribution in [3.63, 3.8) is 0 Å². The zero-order valence-corrected chi connectivity index (χ0v) is 18.7. The molecule has 0 unspecified atom stereocenters. The van der Waals surface area contributed by atoms with E-state index in [-0.39, 0.29) is 18.6 Å². The van der Waals surface area contributed by atoms with Gasteiger partial charge in [-0.15, -0.1) is 0 Å². The van der Waals surface area contributed by atoms with Crippen LogP contribution >= 0.6 is 0 Å². The van der Waals surface area contributed by atoms with Gasteiger partial charge in [0.25, 0.3) is 0 Å². The van der Waals surface area contributed by atoms with Crippen LogP contribution in [0, 0.1) is 0 Å². The fourth-order valence-electron chi connectivity index (χ4n) is 4.70. The number of aromatic nitrogens is 2. The van der Waals surface area contributed by atoms with Crippen molar-refractivity contribution < 1.29 is 9.53 Å². The van der Waals surface area contributed by atoms with E-state index in [2.05, 4.69) is 12.1 Å². The number of hydrogen-bond acceptors (Lipinski definition) is 3. The molecule has 33 heavy (non-hydrogen) atoms. The fourth-order valence-corrected chi connectivity index (χ4v) is 4.70. The first-order chi connectivity index (χ1) is 16.3. The molecular formula is C29H28N2O2. The van der Waals surface area contributed by atoms with Crippen LogP contribution in [0.25, 0.3) is 22.5 Å². The molecule has 0 N–H and O–H groups in total. The predicted molar refractivity (Wildman–Crippen MR) is 131 cm³/mol. The summed E-state index contributed by atoms with van der Waals surface area (Å²) < 4.78 is 7.59. The molecule has 1 saturated carbocycles. The number of imidazole rings is 1. The first-order valence-corrected chi connectivity index (χ1v) is 11.8. The summed E-state index contributed by atoms with van der Waals surface area (Å²) in [5.74, 6) is 1.08. The van der Waals surface area contributed by atoms with Gasteiger partial charge in [0.1, 0.15) is 12.4 Å². The lowest BCUT2D eigenvalue weighted by atomic mass is 9.88. The van der Waals surface area contributed by atoms with E-state index in [1.807, 2.05) is 78.9 Å². The SMILES string of the molecule is O=C(OCc1ccccc1)n1c(C2CCCCC2)nc(-c2ccccc2)c1-c1ccccc1. The summed E-state index contributed by atoms with van der Waals surface area (Å²) in [6.45, 7) is 0.233. The van der Waals surface area contributed by atoms with Gasteiger partial charge in [0.15, 0.2) is 0 Å². The highest BCUT2D eigenvalue weighted by Gasteiger charge is 2.30. The molecule has 1 heterocycles. The van der Waals surface area contributed by atoms with Gasteiger partial charge in [-0.25, -0.2) is 14.3 Å². The minimum Gasteiger partial charge on any atom is -0.444 e. The highest BCUT2D eigenvalue weighted by molar-refractivity contribution is 5.87. The molecule has 0 saturated heterocycles. The van der Waals surface area contributed by atoms with Gasteiger partial charge in [-0.05, 0) is 18.4 Å². The van der Waals surface area contributed by atoms with Crippen LogP contribution in [-0.4, -0.2) is 15.6 Å². The number of hydrogen-bond donors (Lipinski definition) is 0. The molecule has 0 bridgehead atoms. The number of carbonyl (C=O) groups excluding carboxylic acids is 1. The summed E-state index contributed by atoms with van der Waals surface area (Å²) in [6.07, 6.45) is 5.30. The van der Waals surface area contributed by atoms with E-state index < -0.39 is 0 Å². The van der Waals surface area contributed by atoms with Crippen LogP contribution < -0.4 is 0 Å². The molecule has 0 atom stereocenters. The third-order valence-corrected chi connectivity index (χ3v) is 6.36. The normalized spacial score (nSPS) is 14.2. The minimum atomic E-state index is -0.368. The van der Waals surface area contributed by atoms with E-state index in [1.54, 1.807) is 4.57 Å². The van der Waals surface area contributed by atoms with Gasteiger partial charge in [0.05, 0.1) is 11.4 Å². The second-order valence-corrected chi connectivity index (χ2v) is 8.61. The molecular weight excluding hydrogens is 408 g/mol. The average molecular weight is 437 g/mol. The van der Waals surface area contributed by atoms with Crippen LogP contribution in [0.4, 0.5) is 4.79 Å². The van der Waals surface area contributed by atoms with Crippen molar-refractivity contribution in [3.8, 4) is 22.5 Å². The van der Waals surface area contributed by atoms with Crippen molar-refractivity contribution in [2.75, 3.05) is 0 Å². The molecule has 166 valence electrons. The molecule has 1 aliphatic carbocycles. The zero-order valence-electron chi connectivity index (χ0n) is 18.7. The van der Waals surface area contributed by atoms with Gasteiger partial charge in [0.2, 0.25) is 0 Å². The Morgan fingerprint density at radius 1 is 0.788 bits per heavy atom. The molecule has 4 aromatic rings. The molecule has 5 rings (SSSR count). The third-order valence-electron chi connectivity index (χ3n) is 6.36. The molecule has 4 heteroatoms. The summed E-state index contributed by atoms with van der Waals surface area (Å²) in [6, 6.07) is 30.0. The van der Waals surface area contributed by atoms with Crippen LogP contribution in [0.15, 0.2) is 91.0 Å². The van der Waals surface area contributed by atoms with Gasteiger partial charge in [-0.1, -0.05) is 110 Å². The monoisotopic (exact) mass is 436 g/mol. The van der Waals surface area contributed by atoms with Gasteiger partial charge in [0, 0.05) is 17.0 Å². The Balaban J connectivity index is 1.63. The summed E-state index contributed by atoms with van der Waals surface area (Å²) in [4.78, 5) is 18.7. The first kappa shape index (κ1) is 21.2. The second kappa shape index (κ2) is 9.86. The topological polar surface area (TPSA) is 44.1 Å². The lowest BCUT2D eigenvalue weighted by Crippen LogP contribution is -2.21. The van der Waals surface area contributed by atoms with E-state index in [0.29, 0.717) is 0 Å². The number of ether oxygens (including phenoxy) is 1. The summed E-state index contributed by atoms with van der Waals surface area (Å²) in [5.41, 5.74) is 4.57. The lowest BCUT2D eigenvalue weighted by molar-refractivity contribution is 0.140. The third kappa shape index (κ3) is 4.61. The standard InChI is InChI=1S/C29H28N2O2/c32-29(33-21-22-13-5-1-6-14-22)31-27(24-17-9-3-10-18-24)26(23-15-7-2-8-16-23)30-28(31)25-19-11-4-12-20-25/h1-3,5-10,13-18,25H,4,11-12,19-21H2. The van der Waals surface area contributed by atoms with Crippen LogP contribution in [0.2, 0.25) is 0 Å². The van der Waals surface area contributed by atoms with Gasteiger partial charge < -0.3 is 4.74 Å². The molecule has 1 aromatic heterocycles. The highest BCUT2D eigenvalue weighted by Crippen LogP contribution is 2.39. The lowest BCUT2D eigenvalue weighted by Gasteiger charge is -2.22. The molecule has 0 aliphatic heterocycles. The maximum Gasteiger partial charge on any atom is 0.420 e. The smallest absolute Gasteiger partial charge is 0.420 e. The second-order valence-electron chi connectivity index (χ2n) is 8.61. The Labute approximate surface area is 194 Å². The number of benzene rings is 3. The Morgan fingerprint density at radius 3 is 2.00 bits per heavy atom. The Bertz CT molecular complexity index is 1190. The van der Waals surface area contributed by atoms with E-state index in [1.165, 1.54) is 6.42 Å². The Hall–Kier alpha value is -3.66. The van der Waals surface area contributed by atoms with Crippen LogP contribution in [0.3, 0.4) is 0 Å². The largest absolute Gasteiger partial charge is 0.444 e. The zero-order chi connectivity index (χ0) is 22.5. The van der Waals surface area contributed by atoms with E-state index in [4.69, 9.17) is 9.72 Å². The molecule has 0 amide bonds. The quantitative estimate of drug-likeness (QED) is 0.326. The van der Waals surface area contributed by atoms with Crippen molar-refractivity contribution >= 4 is 6.09 Å². The molecule has 0 spiro atoms. The number of nitrogens with zero attached hydrogens (tertiary/aromatic N) is 2. The molecule has 3 aromatic carbocycles. The highest BCUT2D eigenvalue weighted by atomic mass is 16.5. The predicted octanol–water partition coefficient (Wildman–Crippen LogP) is 7.45. The van der Waals surface area contributed by atoms with Crippen molar-refractivity contribution in [2.45, 2.75) is 44.6 Å². The van der Waals surface area contributed by atoms with Crippen molar-refractivity contribution in [3.05, 3.63) is 102 Å². The van der Waals surface area contributed by atoms with Crippen LogP contribution in [0.5, 0.6) is 0 Å². The van der Waals surface area contributed by atoms with Gasteiger partial charge in [-0.3, -0.25) is 0 Å². The van der Waals surface area contributed by atoms with Crippen molar-refractivity contribution in [2.24, 2.45) is 0 Å². The average Bonchev–Trinajstić information content (AvgIpc) is 3.30. The van der Waals surface area contributed by atoms with Crippen molar-refractivity contribution in [1.82, 2.24) is 9.55 Å². The first-order valence-electron chi connectivity index (χ1n) is 11.8. The van der Waals surface area contributed by atoms with E-state index >= 15 is 0 Å². The molecule has 0 radical (unpaired) electrons. The summed E-state index contributed by atoms with van der Waals surface area (Å²) >= 11 is 0. The molecule has 4 nitrogen and oxygen atoms in total. The van der Waals surface area contributed by atoms with Crippen molar-refractivity contribution in [1.29, 1.82) is 0 Å².